The summed E-state index contributed by atoms with van der Waals surface area (Å²) in [4.78, 5) is 24.0. The van der Waals surface area contributed by atoms with Crippen molar-refractivity contribution in [1.29, 1.82) is 0 Å². The molecule has 6 heteroatoms. The summed E-state index contributed by atoms with van der Waals surface area (Å²) >= 11 is 0. The predicted octanol–water partition coefficient (Wildman–Crippen LogP) is 1.44. The van der Waals surface area contributed by atoms with Crippen molar-refractivity contribution in [3.63, 3.8) is 0 Å². The molecule has 0 spiro atoms. The summed E-state index contributed by atoms with van der Waals surface area (Å²) in [5.41, 5.74) is 0.878. The fourth-order valence-corrected chi connectivity index (χ4v) is 2.55. The lowest BCUT2D eigenvalue weighted by atomic mass is 10.1. The Morgan fingerprint density at radius 3 is 3.00 bits per heavy atom. The first kappa shape index (κ1) is 12.9. The van der Waals surface area contributed by atoms with Gasteiger partial charge in [-0.3, -0.25) is 9.69 Å². The van der Waals surface area contributed by atoms with E-state index in [1.54, 1.807) is 18.7 Å². The molecule has 20 heavy (non-hydrogen) atoms. The highest BCUT2D eigenvalue weighted by atomic mass is 16.3. The summed E-state index contributed by atoms with van der Waals surface area (Å²) in [5.74, 6) is 1.28. The first-order valence-corrected chi connectivity index (χ1v) is 6.69. The number of hydrogen-bond donors (Lipinski definition) is 1. The molecule has 1 unspecified atom stereocenters. The third-order valence-corrected chi connectivity index (χ3v) is 3.83. The van der Waals surface area contributed by atoms with Crippen LogP contribution in [0.3, 0.4) is 0 Å². The number of aromatic nitrogens is 2. The maximum atomic E-state index is 12.5. The molecule has 0 aliphatic carbocycles. The summed E-state index contributed by atoms with van der Waals surface area (Å²) in [5, 5.41) is 0. The normalized spacial score (nSPS) is 20.3. The fourth-order valence-electron chi connectivity index (χ4n) is 2.55. The molecule has 1 fully saturated rings. The number of nitrogens with one attached hydrogen (secondary N) is 1. The van der Waals surface area contributed by atoms with Crippen molar-refractivity contribution in [3.8, 4) is 0 Å². The molecule has 0 aromatic carbocycles. The van der Waals surface area contributed by atoms with Crippen LogP contribution >= 0.6 is 0 Å². The molecular weight excluding hydrogens is 256 g/mol. The van der Waals surface area contributed by atoms with Crippen LogP contribution in [0.2, 0.25) is 0 Å². The number of furan rings is 1. The van der Waals surface area contributed by atoms with E-state index in [2.05, 4.69) is 14.9 Å². The molecule has 0 bridgehead atoms. The number of nitrogens with zero attached hydrogens (tertiary/aromatic N) is 3. The van der Waals surface area contributed by atoms with Crippen molar-refractivity contribution in [2.45, 2.75) is 13.0 Å². The fraction of sp³-hybridized carbons (Fsp3) is 0.429. The second-order valence-corrected chi connectivity index (χ2v) is 5.15. The lowest BCUT2D eigenvalue weighted by Crippen LogP contribution is -2.49. The summed E-state index contributed by atoms with van der Waals surface area (Å²) in [6.45, 7) is 4.02. The molecule has 1 amide bonds. The van der Waals surface area contributed by atoms with Crippen LogP contribution in [0.15, 0.2) is 29.1 Å². The average molecular weight is 274 g/mol. The number of aryl methyl sites for hydroxylation is 1. The Bertz CT molecular complexity index is 590. The number of piperazine rings is 1. The minimum absolute atomic E-state index is 0.0443. The predicted molar refractivity (Wildman–Crippen MR) is 73.3 cm³/mol. The molecule has 106 valence electrons. The number of carbonyl (C=O) groups excluding carboxylic acids is 1. The van der Waals surface area contributed by atoms with Crippen molar-refractivity contribution >= 4 is 5.91 Å². The lowest BCUT2D eigenvalue weighted by Gasteiger charge is -2.38. The van der Waals surface area contributed by atoms with Crippen molar-refractivity contribution in [2.24, 2.45) is 0 Å². The number of imidazole rings is 1. The third-order valence-electron chi connectivity index (χ3n) is 3.83. The minimum Gasteiger partial charge on any atom is -0.459 e. The van der Waals surface area contributed by atoms with Gasteiger partial charge in [-0.1, -0.05) is 0 Å². The highest BCUT2D eigenvalue weighted by molar-refractivity contribution is 5.92. The highest BCUT2D eigenvalue weighted by Crippen LogP contribution is 2.23. The SMILES string of the molecule is Cc1ccoc1C(=O)N1CCN(C)C(c2ncc[nH]2)C1. The zero-order chi connectivity index (χ0) is 14.1. The largest absolute Gasteiger partial charge is 0.459 e. The van der Waals surface area contributed by atoms with Gasteiger partial charge in [0, 0.05) is 37.6 Å². The van der Waals surface area contributed by atoms with E-state index >= 15 is 0 Å². The number of hydrogen-bond acceptors (Lipinski definition) is 4. The van der Waals surface area contributed by atoms with Crippen molar-refractivity contribution in [2.75, 3.05) is 26.7 Å². The number of rotatable bonds is 2. The molecule has 2 aromatic heterocycles. The molecule has 1 saturated heterocycles. The Morgan fingerprint density at radius 1 is 1.50 bits per heavy atom. The molecule has 1 N–H and O–H groups in total. The molecule has 1 atom stereocenters. The summed E-state index contributed by atoms with van der Waals surface area (Å²) < 4.78 is 5.30. The second-order valence-electron chi connectivity index (χ2n) is 5.15. The van der Waals surface area contributed by atoms with Gasteiger partial charge >= 0.3 is 0 Å². The Labute approximate surface area is 117 Å². The van der Waals surface area contributed by atoms with Gasteiger partial charge in [-0.25, -0.2) is 4.98 Å². The number of aromatic amines is 1. The highest BCUT2D eigenvalue weighted by Gasteiger charge is 2.31. The average Bonchev–Trinajstić information content (AvgIpc) is 3.09. The summed E-state index contributed by atoms with van der Waals surface area (Å²) in [6.07, 6.45) is 5.10. The van der Waals surface area contributed by atoms with Crippen LogP contribution in [-0.2, 0) is 0 Å². The van der Waals surface area contributed by atoms with Crippen LogP contribution in [-0.4, -0.2) is 52.4 Å². The number of H-pyrrole nitrogens is 1. The first-order chi connectivity index (χ1) is 9.66. The smallest absolute Gasteiger partial charge is 0.289 e. The minimum atomic E-state index is -0.0443. The number of amides is 1. The van der Waals surface area contributed by atoms with E-state index in [1.165, 1.54) is 0 Å². The molecule has 3 heterocycles. The zero-order valence-electron chi connectivity index (χ0n) is 11.7. The van der Waals surface area contributed by atoms with Gasteiger partial charge in [-0.2, -0.15) is 0 Å². The second kappa shape index (κ2) is 5.13. The molecule has 3 rings (SSSR count). The van der Waals surface area contributed by atoms with Gasteiger partial charge in [0.15, 0.2) is 5.76 Å². The van der Waals surface area contributed by atoms with Crippen LogP contribution in [0.5, 0.6) is 0 Å². The van der Waals surface area contributed by atoms with Gasteiger partial charge in [0.25, 0.3) is 5.91 Å². The lowest BCUT2D eigenvalue weighted by molar-refractivity contribution is 0.0505. The van der Waals surface area contributed by atoms with E-state index < -0.39 is 0 Å². The quantitative estimate of drug-likeness (QED) is 0.900. The van der Waals surface area contributed by atoms with Crippen molar-refractivity contribution < 1.29 is 9.21 Å². The maximum Gasteiger partial charge on any atom is 0.289 e. The Kier molecular flexibility index (Phi) is 3.31. The third kappa shape index (κ3) is 2.22. The molecule has 0 radical (unpaired) electrons. The van der Waals surface area contributed by atoms with E-state index in [4.69, 9.17) is 4.42 Å². The van der Waals surface area contributed by atoms with Crippen LogP contribution in [0.4, 0.5) is 0 Å². The van der Waals surface area contributed by atoms with Gasteiger partial charge in [0.05, 0.1) is 12.3 Å². The molecule has 0 saturated carbocycles. The van der Waals surface area contributed by atoms with E-state index in [0.717, 1.165) is 17.9 Å². The van der Waals surface area contributed by atoms with E-state index in [1.807, 2.05) is 24.9 Å². The first-order valence-electron chi connectivity index (χ1n) is 6.69. The van der Waals surface area contributed by atoms with Crippen LogP contribution < -0.4 is 0 Å². The monoisotopic (exact) mass is 274 g/mol. The van der Waals surface area contributed by atoms with Crippen molar-refractivity contribution in [3.05, 3.63) is 41.9 Å². The van der Waals surface area contributed by atoms with Crippen LogP contribution in [0.25, 0.3) is 0 Å². The van der Waals surface area contributed by atoms with Gasteiger partial charge in [0.2, 0.25) is 0 Å². The van der Waals surface area contributed by atoms with Gasteiger partial charge < -0.3 is 14.3 Å². The molecule has 1 aliphatic rings. The Hall–Kier alpha value is -2.08. The van der Waals surface area contributed by atoms with Crippen LogP contribution in [0.1, 0.15) is 28.0 Å². The van der Waals surface area contributed by atoms with E-state index in [9.17, 15) is 4.79 Å². The van der Waals surface area contributed by atoms with Gasteiger partial charge in [-0.15, -0.1) is 0 Å². The zero-order valence-corrected chi connectivity index (χ0v) is 11.7. The summed E-state index contributed by atoms with van der Waals surface area (Å²) in [7, 11) is 2.05. The number of carbonyl (C=O) groups is 1. The molecular formula is C14H18N4O2. The standard InChI is InChI=1S/C14H18N4O2/c1-10-3-8-20-12(10)14(19)18-7-6-17(2)11(9-18)13-15-4-5-16-13/h3-5,8,11H,6-7,9H2,1-2H3,(H,15,16). The molecule has 1 aliphatic heterocycles. The Balaban J connectivity index is 1.79. The Morgan fingerprint density at radius 2 is 2.35 bits per heavy atom. The van der Waals surface area contributed by atoms with Crippen molar-refractivity contribution in [1.82, 2.24) is 19.8 Å². The van der Waals surface area contributed by atoms with Gasteiger partial charge in [-0.05, 0) is 20.0 Å². The topological polar surface area (TPSA) is 65.4 Å². The van der Waals surface area contributed by atoms with Gasteiger partial charge in [0.1, 0.15) is 5.82 Å². The number of likely N-dealkylation sites (N-methyl/N-ethyl adjacent to an activating group) is 1. The maximum absolute atomic E-state index is 12.5. The molecule has 2 aromatic rings. The van der Waals surface area contributed by atoms with E-state index in [-0.39, 0.29) is 11.9 Å². The van der Waals surface area contributed by atoms with Crippen LogP contribution in [0, 0.1) is 6.92 Å². The summed E-state index contributed by atoms with van der Waals surface area (Å²) in [6, 6.07) is 1.91. The molecule has 6 nitrogen and oxygen atoms in total. The van der Waals surface area contributed by atoms with E-state index in [0.29, 0.717) is 18.8 Å².